The molecule has 0 fully saturated rings. The Hall–Kier alpha value is -4.71. The lowest BCUT2D eigenvalue weighted by molar-refractivity contribution is -0.141. The lowest BCUT2D eigenvalue weighted by Crippen LogP contribution is -2.53. The zero-order valence-corrected chi connectivity index (χ0v) is 21.9. The van der Waals surface area contributed by atoms with E-state index in [1.54, 1.807) is 12.1 Å². The molecule has 0 saturated carbocycles. The summed E-state index contributed by atoms with van der Waals surface area (Å²) >= 11 is 6.06. The summed E-state index contributed by atoms with van der Waals surface area (Å²) in [6.07, 6.45) is -1.54. The molecule has 0 aliphatic heterocycles. The van der Waals surface area contributed by atoms with Crippen molar-refractivity contribution >= 4 is 41.3 Å². The van der Waals surface area contributed by atoms with E-state index >= 15 is 0 Å². The Morgan fingerprint density at radius 2 is 1.57 bits per heavy atom. The van der Waals surface area contributed by atoms with Crippen LogP contribution in [0.2, 0.25) is 5.02 Å². The first kappa shape index (κ1) is 29.8. The van der Waals surface area contributed by atoms with Gasteiger partial charge in [0, 0.05) is 35.9 Å². The molecule has 3 amide bonds. The van der Waals surface area contributed by atoms with Crippen molar-refractivity contribution in [2.45, 2.75) is 44.2 Å². The Kier molecular flexibility index (Phi) is 10.4. The summed E-state index contributed by atoms with van der Waals surface area (Å²) in [4.78, 5) is 58.6. The number of carboxylic acid groups (broad SMARTS) is 2. The van der Waals surface area contributed by atoms with Crippen molar-refractivity contribution in [2.24, 2.45) is 5.73 Å². The van der Waals surface area contributed by atoms with Crippen molar-refractivity contribution in [1.29, 1.82) is 0 Å². The molecule has 2 atom stereocenters. The summed E-state index contributed by atoms with van der Waals surface area (Å²) in [5.74, 6) is -4.80. The maximum atomic E-state index is 12.6. The maximum absolute atomic E-state index is 12.6. The van der Waals surface area contributed by atoms with E-state index in [-0.39, 0.29) is 19.3 Å². The molecule has 0 bridgehead atoms. The number of carbonyl (C=O) groups excluding carboxylic acids is 3. The van der Waals surface area contributed by atoms with Crippen LogP contribution in [0.4, 0.5) is 0 Å². The third-order valence-electron chi connectivity index (χ3n) is 5.83. The van der Waals surface area contributed by atoms with Crippen LogP contribution in [0.15, 0.2) is 59.1 Å². The quantitative estimate of drug-likeness (QED) is 0.193. The molecule has 0 radical (unpaired) electrons. The van der Waals surface area contributed by atoms with Gasteiger partial charge in [-0.1, -0.05) is 53.2 Å². The van der Waals surface area contributed by atoms with Gasteiger partial charge in [-0.15, -0.1) is 0 Å². The molecular weight excluding hydrogens is 544 g/mol. The van der Waals surface area contributed by atoms with Gasteiger partial charge in [-0.25, -0.2) is 0 Å². The van der Waals surface area contributed by atoms with Gasteiger partial charge in [-0.3, -0.25) is 24.0 Å². The van der Waals surface area contributed by atoms with E-state index in [2.05, 4.69) is 15.8 Å². The Morgan fingerprint density at radius 1 is 0.875 bits per heavy atom. The van der Waals surface area contributed by atoms with Gasteiger partial charge in [-0.05, 0) is 29.7 Å². The van der Waals surface area contributed by atoms with E-state index in [9.17, 15) is 24.0 Å². The fourth-order valence-electron chi connectivity index (χ4n) is 3.78. The van der Waals surface area contributed by atoms with Gasteiger partial charge < -0.3 is 31.1 Å². The number of aliphatic carboxylic acids is 2. The number of halogens is 1. The van der Waals surface area contributed by atoms with Crippen LogP contribution in [-0.2, 0) is 30.4 Å². The number of carboxylic acids is 2. The van der Waals surface area contributed by atoms with Crippen molar-refractivity contribution in [3.63, 3.8) is 0 Å². The summed E-state index contributed by atoms with van der Waals surface area (Å²) < 4.78 is 5.32. The first-order chi connectivity index (χ1) is 19.0. The number of benzene rings is 2. The predicted molar refractivity (Wildman–Crippen MR) is 143 cm³/mol. The second-order valence-corrected chi connectivity index (χ2v) is 9.32. The number of hydrogen-bond donors (Lipinski definition) is 5. The van der Waals surface area contributed by atoms with Crippen molar-refractivity contribution in [3.05, 3.63) is 65.4 Å². The SMILES string of the molecule is NC(=O)[C@@H](CCC(=O)O)NC(=O)C(CC(=O)O)NC(=O)CCc1cc(-c2ccc(-c3cccc(Cl)c3)cc2)no1. The van der Waals surface area contributed by atoms with Crippen LogP contribution in [0.3, 0.4) is 0 Å². The Bertz CT molecular complexity index is 1390. The number of nitrogens with zero attached hydrogens (tertiary/aromatic N) is 1. The maximum Gasteiger partial charge on any atom is 0.305 e. The highest BCUT2D eigenvalue weighted by molar-refractivity contribution is 6.30. The molecule has 3 aromatic rings. The standard InChI is InChI=1S/C27H27ClN4O8/c28-18-3-1-2-17(12-18)15-4-6-16(7-5-15)21-13-19(40-32-21)8-10-23(33)30-22(14-25(36)37)27(39)31-20(26(29)38)9-11-24(34)35/h1-7,12-13,20,22H,8-11,14H2,(H2,29,38)(H,30,33)(H,31,39)(H,34,35)(H,36,37)/t20-,22?/m1/s1. The van der Waals surface area contributed by atoms with Crippen LogP contribution in [0.5, 0.6) is 0 Å². The van der Waals surface area contributed by atoms with E-state index in [1.165, 1.54) is 0 Å². The highest BCUT2D eigenvalue weighted by atomic mass is 35.5. The van der Waals surface area contributed by atoms with Crippen LogP contribution in [0.1, 0.15) is 31.4 Å². The molecule has 0 saturated heterocycles. The number of rotatable bonds is 14. The second kappa shape index (κ2) is 13.9. The van der Waals surface area contributed by atoms with Crippen molar-refractivity contribution < 1.29 is 38.7 Å². The minimum absolute atomic E-state index is 0.114. The Labute approximate surface area is 233 Å². The monoisotopic (exact) mass is 570 g/mol. The van der Waals surface area contributed by atoms with Crippen LogP contribution in [-0.4, -0.2) is 57.1 Å². The molecule has 13 heteroatoms. The summed E-state index contributed by atoms with van der Waals surface area (Å²) in [5, 5.41) is 27.1. The molecule has 0 spiro atoms. The average molecular weight is 571 g/mol. The molecule has 1 heterocycles. The predicted octanol–water partition coefficient (Wildman–Crippen LogP) is 2.39. The van der Waals surface area contributed by atoms with Crippen molar-refractivity contribution in [1.82, 2.24) is 15.8 Å². The summed E-state index contributed by atoms with van der Waals surface area (Å²) in [7, 11) is 0. The number of aryl methyl sites for hydroxylation is 1. The smallest absolute Gasteiger partial charge is 0.305 e. The van der Waals surface area contributed by atoms with E-state index < -0.39 is 54.6 Å². The average Bonchev–Trinajstić information content (AvgIpc) is 3.38. The highest BCUT2D eigenvalue weighted by Gasteiger charge is 2.28. The number of amides is 3. The molecule has 6 N–H and O–H groups in total. The molecule has 3 rings (SSSR count). The van der Waals surface area contributed by atoms with Gasteiger partial charge in [0.15, 0.2) is 0 Å². The zero-order chi connectivity index (χ0) is 29.2. The summed E-state index contributed by atoms with van der Waals surface area (Å²) in [5.41, 5.74) is 8.47. The third-order valence-corrected chi connectivity index (χ3v) is 6.07. The fraction of sp³-hybridized carbons (Fsp3) is 0.259. The zero-order valence-electron chi connectivity index (χ0n) is 21.1. The summed E-state index contributed by atoms with van der Waals surface area (Å²) in [6, 6.07) is 13.8. The number of nitrogens with one attached hydrogen (secondary N) is 2. The number of primary amides is 1. The minimum atomic E-state index is -1.51. The van der Waals surface area contributed by atoms with Gasteiger partial charge in [0.2, 0.25) is 17.7 Å². The van der Waals surface area contributed by atoms with E-state index in [4.69, 9.17) is 32.1 Å². The molecule has 2 aromatic carbocycles. The number of nitrogens with two attached hydrogens (primary N) is 1. The van der Waals surface area contributed by atoms with Gasteiger partial charge >= 0.3 is 11.9 Å². The van der Waals surface area contributed by atoms with E-state index in [0.29, 0.717) is 16.5 Å². The first-order valence-corrected chi connectivity index (χ1v) is 12.5. The van der Waals surface area contributed by atoms with Crippen LogP contribution < -0.4 is 16.4 Å². The molecular formula is C27H27ClN4O8. The van der Waals surface area contributed by atoms with Crippen LogP contribution in [0.25, 0.3) is 22.4 Å². The Morgan fingerprint density at radius 3 is 2.20 bits per heavy atom. The van der Waals surface area contributed by atoms with Crippen molar-refractivity contribution in [3.8, 4) is 22.4 Å². The molecule has 12 nitrogen and oxygen atoms in total. The number of carbonyl (C=O) groups is 5. The molecule has 1 unspecified atom stereocenters. The normalized spacial score (nSPS) is 12.2. The van der Waals surface area contributed by atoms with Gasteiger partial charge in [0.1, 0.15) is 23.5 Å². The second-order valence-electron chi connectivity index (χ2n) is 8.88. The molecule has 0 aliphatic carbocycles. The third kappa shape index (κ3) is 8.95. The highest BCUT2D eigenvalue weighted by Crippen LogP contribution is 2.26. The lowest BCUT2D eigenvalue weighted by Gasteiger charge is -2.20. The first-order valence-electron chi connectivity index (χ1n) is 12.2. The van der Waals surface area contributed by atoms with Gasteiger partial charge in [0.05, 0.1) is 6.42 Å². The largest absolute Gasteiger partial charge is 0.481 e. The van der Waals surface area contributed by atoms with Crippen LogP contribution in [0, 0.1) is 0 Å². The minimum Gasteiger partial charge on any atom is -0.481 e. The lowest BCUT2D eigenvalue weighted by atomic mass is 10.0. The molecule has 1 aromatic heterocycles. The molecule has 40 heavy (non-hydrogen) atoms. The van der Waals surface area contributed by atoms with E-state index in [0.717, 1.165) is 16.7 Å². The number of hydrogen-bond acceptors (Lipinski definition) is 7. The Balaban J connectivity index is 1.58. The van der Waals surface area contributed by atoms with Crippen molar-refractivity contribution in [2.75, 3.05) is 0 Å². The van der Waals surface area contributed by atoms with Gasteiger partial charge in [-0.2, -0.15) is 0 Å². The van der Waals surface area contributed by atoms with E-state index in [1.807, 2.05) is 42.5 Å². The molecule has 210 valence electrons. The fourth-order valence-corrected chi connectivity index (χ4v) is 3.97. The molecule has 0 aliphatic rings. The van der Waals surface area contributed by atoms with Gasteiger partial charge in [0.25, 0.3) is 0 Å². The van der Waals surface area contributed by atoms with Crippen LogP contribution >= 0.6 is 11.6 Å². The number of aromatic nitrogens is 1. The topological polar surface area (TPSA) is 202 Å². The summed E-state index contributed by atoms with van der Waals surface area (Å²) in [6.45, 7) is 0.